The summed E-state index contributed by atoms with van der Waals surface area (Å²) in [5, 5.41) is 3.62. The van der Waals surface area contributed by atoms with Gasteiger partial charge in [-0.3, -0.25) is 4.79 Å². The van der Waals surface area contributed by atoms with Gasteiger partial charge < -0.3 is 5.32 Å². The Morgan fingerprint density at radius 3 is 2.88 bits per heavy atom. The summed E-state index contributed by atoms with van der Waals surface area (Å²) < 4.78 is 0. The van der Waals surface area contributed by atoms with Gasteiger partial charge in [-0.2, -0.15) is 0 Å². The lowest BCUT2D eigenvalue weighted by atomic mass is 10.0. The molecule has 1 aromatic rings. The molecule has 16 heavy (non-hydrogen) atoms. The van der Waals surface area contributed by atoms with Gasteiger partial charge in [0.2, 0.25) is 5.91 Å². The molecule has 1 N–H and O–H groups in total. The van der Waals surface area contributed by atoms with Gasteiger partial charge in [0, 0.05) is 5.02 Å². The van der Waals surface area contributed by atoms with Crippen LogP contribution in [0.4, 0.5) is 0 Å². The van der Waals surface area contributed by atoms with E-state index >= 15 is 0 Å². The molecule has 1 atom stereocenters. The minimum atomic E-state index is -0.415. The molecule has 0 radical (unpaired) electrons. The second kappa shape index (κ2) is 5.93. The molecule has 0 saturated carbocycles. The average molecular weight is 301 g/mol. The number of carbonyl (C=O) groups is 1. The molecule has 1 rings (SSSR count). The minimum absolute atomic E-state index is 0.141. The van der Waals surface area contributed by atoms with E-state index in [4.69, 9.17) is 18.0 Å². The van der Waals surface area contributed by atoms with Crippen LogP contribution in [0.2, 0.25) is 5.02 Å². The molecule has 1 aromatic carbocycles. The molecule has 0 heterocycles. The van der Waals surface area contributed by atoms with Crippen LogP contribution in [-0.2, 0) is 4.79 Å². The van der Waals surface area contributed by atoms with Crippen molar-refractivity contribution in [1.82, 2.24) is 5.32 Å². The van der Waals surface area contributed by atoms with E-state index in [1.807, 2.05) is 19.1 Å². The highest BCUT2D eigenvalue weighted by molar-refractivity contribution is 9.09. The van der Waals surface area contributed by atoms with Gasteiger partial charge in [-0.15, -0.1) is 6.42 Å². The molecule has 0 aliphatic carbocycles. The quantitative estimate of drug-likeness (QED) is 0.675. The van der Waals surface area contributed by atoms with Crippen LogP contribution in [0.5, 0.6) is 0 Å². The molecular weight excluding hydrogens is 289 g/mol. The molecule has 0 aliphatic rings. The van der Waals surface area contributed by atoms with Gasteiger partial charge in [0.05, 0.1) is 5.33 Å². The lowest BCUT2D eigenvalue weighted by molar-refractivity contribution is -0.118. The number of benzene rings is 1. The van der Waals surface area contributed by atoms with E-state index < -0.39 is 6.04 Å². The number of hydrogen-bond donors (Lipinski definition) is 1. The monoisotopic (exact) mass is 299 g/mol. The van der Waals surface area contributed by atoms with Crippen LogP contribution in [0.3, 0.4) is 0 Å². The number of halogens is 2. The molecule has 84 valence electrons. The van der Waals surface area contributed by atoms with E-state index in [-0.39, 0.29) is 11.2 Å². The van der Waals surface area contributed by atoms with Gasteiger partial charge in [-0.05, 0) is 30.2 Å². The number of amides is 1. The molecule has 0 fully saturated rings. The maximum absolute atomic E-state index is 11.3. The van der Waals surface area contributed by atoms with E-state index in [2.05, 4.69) is 27.2 Å². The Labute approximate surface area is 109 Å². The summed E-state index contributed by atoms with van der Waals surface area (Å²) in [6.45, 7) is 1.91. The number of hydrogen-bond acceptors (Lipinski definition) is 1. The number of alkyl halides is 1. The summed E-state index contributed by atoms with van der Waals surface area (Å²) in [6, 6.07) is 4.99. The van der Waals surface area contributed by atoms with Crippen molar-refractivity contribution < 1.29 is 4.79 Å². The molecule has 0 aliphatic heterocycles. The van der Waals surface area contributed by atoms with Crippen molar-refractivity contribution in [3.05, 3.63) is 34.3 Å². The summed E-state index contributed by atoms with van der Waals surface area (Å²) in [5.41, 5.74) is 1.85. The Bertz CT molecular complexity index is 439. The lowest BCUT2D eigenvalue weighted by Gasteiger charge is -2.15. The number of aryl methyl sites for hydroxylation is 1. The summed E-state index contributed by atoms with van der Waals surface area (Å²) in [4.78, 5) is 11.3. The van der Waals surface area contributed by atoms with Crippen molar-refractivity contribution in [3.8, 4) is 12.3 Å². The molecule has 0 saturated heterocycles. The molecule has 0 aromatic heterocycles. The van der Waals surface area contributed by atoms with Crippen LogP contribution >= 0.6 is 27.5 Å². The number of nitrogens with one attached hydrogen (secondary N) is 1. The van der Waals surface area contributed by atoms with E-state index in [1.54, 1.807) is 6.07 Å². The average Bonchev–Trinajstić information content (AvgIpc) is 2.26. The third kappa shape index (κ3) is 3.26. The second-order valence-corrected chi connectivity index (χ2v) is 4.30. The predicted octanol–water partition coefficient (Wildman–Crippen LogP) is 2.83. The van der Waals surface area contributed by atoms with Gasteiger partial charge >= 0.3 is 0 Å². The Morgan fingerprint density at radius 2 is 2.38 bits per heavy atom. The van der Waals surface area contributed by atoms with Gasteiger partial charge in [-0.25, -0.2) is 0 Å². The smallest absolute Gasteiger partial charge is 0.231 e. The highest BCUT2D eigenvalue weighted by atomic mass is 79.9. The van der Waals surface area contributed by atoms with E-state index in [0.29, 0.717) is 5.02 Å². The van der Waals surface area contributed by atoms with Crippen molar-refractivity contribution in [3.63, 3.8) is 0 Å². The van der Waals surface area contributed by atoms with Crippen molar-refractivity contribution >= 4 is 33.4 Å². The first-order chi connectivity index (χ1) is 7.58. The molecule has 1 amide bonds. The Morgan fingerprint density at radius 1 is 1.69 bits per heavy atom. The lowest BCUT2D eigenvalue weighted by Crippen LogP contribution is -2.28. The van der Waals surface area contributed by atoms with Crippen molar-refractivity contribution in [2.24, 2.45) is 0 Å². The largest absolute Gasteiger partial charge is 0.338 e. The summed E-state index contributed by atoms with van der Waals surface area (Å²) >= 11 is 8.92. The maximum atomic E-state index is 11.3. The maximum Gasteiger partial charge on any atom is 0.231 e. The first-order valence-electron chi connectivity index (χ1n) is 4.66. The fraction of sp³-hybridized carbons (Fsp3) is 0.250. The second-order valence-electron chi connectivity index (χ2n) is 3.30. The third-order valence-corrected chi connectivity index (χ3v) is 2.88. The Balaban J connectivity index is 2.96. The molecular formula is C12H11BrClNO. The van der Waals surface area contributed by atoms with E-state index in [9.17, 15) is 4.79 Å². The fourth-order valence-electron chi connectivity index (χ4n) is 1.37. The first-order valence-corrected chi connectivity index (χ1v) is 6.16. The summed E-state index contributed by atoms with van der Waals surface area (Å²) in [7, 11) is 0. The van der Waals surface area contributed by atoms with Crippen LogP contribution in [-0.4, -0.2) is 11.2 Å². The fourth-order valence-corrected chi connectivity index (χ4v) is 1.76. The topological polar surface area (TPSA) is 29.1 Å². The van der Waals surface area contributed by atoms with E-state index in [0.717, 1.165) is 11.1 Å². The Hall–Kier alpha value is -0.980. The van der Waals surface area contributed by atoms with Gasteiger partial charge in [0.1, 0.15) is 6.04 Å². The molecule has 0 unspecified atom stereocenters. The number of terminal acetylenes is 1. The van der Waals surface area contributed by atoms with Crippen LogP contribution in [0.25, 0.3) is 0 Å². The predicted molar refractivity (Wildman–Crippen MR) is 69.7 cm³/mol. The van der Waals surface area contributed by atoms with Crippen LogP contribution in [0, 0.1) is 19.3 Å². The van der Waals surface area contributed by atoms with Crippen LogP contribution in [0.15, 0.2) is 18.2 Å². The van der Waals surface area contributed by atoms with Crippen molar-refractivity contribution in [1.29, 1.82) is 0 Å². The van der Waals surface area contributed by atoms with Crippen molar-refractivity contribution in [2.75, 3.05) is 5.33 Å². The molecule has 0 bridgehead atoms. The molecule has 0 spiro atoms. The molecule has 4 heteroatoms. The highest BCUT2D eigenvalue weighted by Gasteiger charge is 2.13. The minimum Gasteiger partial charge on any atom is -0.338 e. The number of carbonyl (C=O) groups excluding carboxylic acids is 1. The van der Waals surface area contributed by atoms with Gasteiger partial charge in [0.15, 0.2) is 0 Å². The zero-order valence-electron chi connectivity index (χ0n) is 8.76. The Kier molecular flexibility index (Phi) is 4.85. The van der Waals surface area contributed by atoms with Crippen LogP contribution < -0.4 is 5.32 Å². The third-order valence-electron chi connectivity index (χ3n) is 2.14. The normalized spacial score (nSPS) is 11.6. The molecule has 2 nitrogen and oxygen atoms in total. The van der Waals surface area contributed by atoms with Gasteiger partial charge in [-0.1, -0.05) is 39.5 Å². The zero-order chi connectivity index (χ0) is 12.1. The summed E-state index contributed by atoms with van der Waals surface area (Å²) in [6.07, 6.45) is 5.40. The summed E-state index contributed by atoms with van der Waals surface area (Å²) in [5.74, 6) is 2.41. The van der Waals surface area contributed by atoms with Gasteiger partial charge in [0.25, 0.3) is 0 Å². The first kappa shape index (κ1) is 13.1. The van der Waals surface area contributed by atoms with Crippen LogP contribution in [0.1, 0.15) is 17.2 Å². The standard InChI is InChI=1S/C12H11BrClNO/c1-3-11(15-12(16)7-13)10-5-4-9(14)6-8(10)2/h1,4-6,11H,7H2,2H3,(H,15,16)/t11-/m0/s1. The SMILES string of the molecule is C#C[C@H](NC(=O)CBr)c1ccc(Cl)cc1C. The zero-order valence-corrected chi connectivity index (χ0v) is 11.1. The highest BCUT2D eigenvalue weighted by Crippen LogP contribution is 2.21. The van der Waals surface area contributed by atoms with Crippen molar-refractivity contribution in [2.45, 2.75) is 13.0 Å². The van der Waals surface area contributed by atoms with E-state index in [1.165, 1.54) is 0 Å². The number of rotatable bonds is 3.